The molecule has 63 heavy (non-hydrogen) atoms. The number of imide groups is 1. The molecule has 0 radical (unpaired) electrons. The van der Waals surface area contributed by atoms with Gasteiger partial charge in [-0.2, -0.15) is 10.4 Å². The number of amides is 2. The minimum Gasteiger partial charge on any atom is -0.494 e. The molecule has 1 aliphatic heterocycles. The summed E-state index contributed by atoms with van der Waals surface area (Å²) < 4.78 is 52.7. The summed E-state index contributed by atoms with van der Waals surface area (Å²) in [6, 6.07) is 20.3. The molecule has 3 aromatic carbocycles. The van der Waals surface area contributed by atoms with Gasteiger partial charge in [-0.1, -0.05) is 56.0 Å². The van der Waals surface area contributed by atoms with E-state index in [1.807, 2.05) is 42.6 Å². The Bertz CT molecular complexity index is 2240. The van der Waals surface area contributed by atoms with Crippen molar-refractivity contribution in [2.24, 2.45) is 16.9 Å². The summed E-state index contributed by atoms with van der Waals surface area (Å²) in [4.78, 5) is 40.9. The van der Waals surface area contributed by atoms with E-state index in [0.717, 1.165) is 42.2 Å². The highest BCUT2D eigenvalue weighted by atomic mass is 32.1. The molecule has 4 atom stereocenters. The van der Waals surface area contributed by atoms with E-state index >= 15 is 0 Å². The summed E-state index contributed by atoms with van der Waals surface area (Å²) in [7, 11) is 0. The Morgan fingerprint density at radius 2 is 1.65 bits per heavy atom. The first kappa shape index (κ1) is 46.5. The maximum atomic E-state index is 14.2. The number of carbonyl (C=O) groups excluding carboxylic acids is 3. The number of unbranched alkanes of at least 4 members (excludes halogenated alkanes) is 2. The smallest absolute Gasteiger partial charge is 0.330 e. The van der Waals surface area contributed by atoms with Crippen molar-refractivity contribution in [1.29, 1.82) is 5.26 Å². The number of rotatable bonds is 23. The summed E-state index contributed by atoms with van der Waals surface area (Å²) in [5, 5.41) is 16.5. The normalized spacial score (nSPS) is 18.0. The Hall–Kier alpha value is -5.98. The number of nitrogens with zero attached hydrogens (tertiary/aromatic N) is 5. The number of aromatic nitrogens is 1. The van der Waals surface area contributed by atoms with Crippen LogP contribution in [-0.4, -0.2) is 72.9 Å². The number of anilines is 1. The number of thiazole rings is 1. The van der Waals surface area contributed by atoms with Crippen LogP contribution in [0.1, 0.15) is 88.4 Å². The van der Waals surface area contributed by atoms with E-state index in [-0.39, 0.29) is 48.4 Å². The third kappa shape index (κ3) is 13.0. The maximum absolute atomic E-state index is 14.2. The molecule has 1 aliphatic carbocycles. The second-order valence-electron chi connectivity index (χ2n) is 15.8. The number of ether oxygens (including phenoxy) is 4. The van der Waals surface area contributed by atoms with Crippen molar-refractivity contribution in [2.75, 3.05) is 37.9 Å². The quantitative estimate of drug-likeness (QED) is 0.0176. The van der Waals surface area contributed by atoms with Gasteiger partial charge in [-0.05, 0) is 91.8 Å². The minimum absolute atomic E-state index is 0.0635. The monoisotopic (exact) mass is 881 g/mol. The first-order chi connectivity index (χ1) is 30.5. The van der Waals surface area contributed by atoms with Crippen LogP contribution < -0.4 is 14.5 Å². The zero-order valence-corrected chi connectivity index (χ0v) is 36.4. The molecule has 12 nitrogen and oxygen atoms in total. The van der Waals surface area contributed by atoms with Crippen molar-refractivity contribution in [2.45, 2.75) is 83.3 Å². The third-order valence-electron chi connectivity index (χ3n) is 10.9. The number of esters is 1. The molecule has 1 aromatic heterocycles. The molecule has 1 fully saturated rings. The molecule has 15 heteroatoms. The average molecular weight is 882 g/mol. The molecular weight excluding hydrogens is 829 g/mol. The van der Waals surface area contributed by atoms with Crippen LogP contribution in [0.2, 0.25) is 0 Å². The van der Waals surface area contributed by atoms with E-state index in [1.165, 1.54) is 28.4 Å². The van der Waals surface area contributed by atoms with Gasteiger partial charge in [0.05, 0.1) is 48.3 Å². The van der Waals surface area contributed by atoms with Gasteiger partial charge < -0.3 is 18.9 Å². The van der Waals surface area contributed by atoms with Gasteiger partial charge in [0.25, 0.3) is 11.8 Å². The zero-order valence-electron chi connectivity index (χ0n) is 35.6. The standard InChI is InChI=1S/C48H53F2N5O7S/c1-4-46(58)61-27-9-26-60-36-14-10-33(11-15-36)39-19-18-38(62-47(32(2)3)34-12-16-37(17-13-34)59-25-8-23-54-44(56)20-21-45(54)57)28-35(39)31-52-55(24-7-5-6-22-51)48-53-42-29-40(49)41(50)30-43(42)63-48/h4,10-17,20-21,29-32,35,38-39,47H,1,5-9,18-19,23-28H2,2-3H3/b52-31+. The van der Waals surface area contributed by atoms with Crippen molar-refractivity contribution >= 4 is 50.7 Å². The van der Waals surface area contributed by atoms with Gasteiger partial charge in [-0.25, -0.2) is 23.6 Å². The fourth-order valence-corrected chi connectivity index (χ4v) is 8.62. The van der Waals surface area contributed by atoms with Crippen LogP contribution in [-0.2, 0) is 23.9 Å². The lowest BCUT2D eigenvalue weighted by Gasteiger charge is -2.37. The maximum Gasteiger partial charge on any atom is 0.330 e. The Balaban J connectivity index is 1.17. The van der Waals surface area contributed by atoms with Crippen molar-refractivity contribution in [1.82, 2.24) is 9.88 Å². The first-order valence-electron chi connectivity index (χ1n) is 21.4. The molecule has 2 aliphatic rings. The largest absolute Gasteiger partial charge is 0.494 e. The molecule has 4 aromatic rings. The molecule has 2 amide bonds. The number of nitriles is 1. The van der Waals surface area contributed by atoms with E-state index in [4.69, 9.17) is 29.3 Å². The van der Waals surface area contributed by atoms with Gasteiger partial charge in [-0.3, -0.25) is 14.5 Å². The fourth-order valence-electron chi connectivity index (χ4n) is 7.66. The van der Waals surface area contributed by atoms with E-state index < -0.39 is 17.6 Å². The zero-order chi connectivity index (χ0) is 44.7. The summed E-state index contributed by atoms with van der Waals surface area (Å²) in [6.45, 7) is 9.40. The highest BCUT2D eigenvalue weighted by molar-refractivity contribution is 7.22. The van der Waals surface area contributed by atoms with Gasteiger partial charge in [0.1, 0.15) is 11.5 Å². The number of carbonyl (C=O) groups is 3. The molecule has 0 N–H and O–H groups in total. The minimum atomic E-state index is -0.963. The van der Waals surface area contributed by atoms with Gasteiger partial charge in [-0.15, -0.1) is 0 Å². The summed E-state index contributed by atoms with van der Waals surface area (Å²) in [5.41, 5.74) is 2.49. The number of halogens is 2. The van der Waals surface area contributed by atoms with Gasteiger partial charge >= 0.3 is 5.97 Å². The molecule has 4 unspecified atom stereocenters. The van der Waals surface area contributed by atoms with Crippen LogP contribution in [0.25, 0.3) is 10.2 Å². The van der Waals surface area contributed by atoms with Crippen LogP contribution in [0.3, 0.4) is 0 Å². The number of fused-ring (bicyclic) bond motifs is 1. The lowest BCUT2D eigenvalue weighted by atomic mass is 9.74. The Labute approximate surface area is 370 Å². The lowest BCUT2D eigenvalue weighted by molar-refractivity contribution is -0.138. The van der Waals surface area contributed by atoms with Crippen LogP contribution >= 0.6 is 11.3 Å². The average Bonchev–Trinajstić information content (AvgIpc) is 3.84. The van der Waals surface area contributed by atoms with Crippen molar-refractivity contribution < 1.29 is 42.1 Å². The highest BCUT2D eigenvalue weighted by Gasteiger charge is 2.34. The van der Waals surface area contributed by atoms with Gasteiger partial charge in [0, 0.05) is 62.4 Å². The van der Waals surface area contributed by atoms with Gasteiger partial charge in [0.15, 0.2) is 11.6 Å². The molecule has 0 saturated heterocycles. The van der Waals surface area contributed by atoms with Crippen molar-refractivity contribution in [3.8, 4) is 17.6 Å². The topological polar surface area (TPSA) is 144 Å². The Morgan fingerprint density at radius 3 is 2.33 bits per heavy atom. The van der Waals surface area contributed by atoms with E-state index in [0.29, 0.717) is 91.7 Å². The number of hydrazone groups is 1. The fraction of sp³-hybridized carbons (Fsp3) is 0.417. The first-order valence-corrected chi connectivity index (χ1v) is 22.2. The Kier molecular flexibility index (Phi) is 16.9. The number of benzene rings is 3. The molecule has 2 heterocycles. The summed E-state index contributed by atoms with van der Waals surface area (Å²) in [5.74, 6) is -1.41. The molecule has 332 valence electrons. The highest BCUT2D eigenvalue weighted by Crippen LogP contribution is 2.42. The molecule has 1 saturated carbocycles. The molecule has 0 spiro atoms. The van der Waals surface area contributed by atoms with Gasteiger partial charge in [0.2, 0.25) is 5.13 Å². The SMILES string of the molecule is C=CC(=O)OCCCOc1ccc(C2CCC(OC(c3ccc(OCCCN4C(=O)C=CC4=O)cc3)C(C)C)CC2/C=N/N(CCCCC#N)c2nc3cc(F)c(F)cc3s2)cc1. The second kappa shape index (κ2) is 22.9. The summed E-state index contributed by atoms with van der Waals surface area (Å²) in [6.07, 6.45) is 10.4. The van der Waals surface area contributed by atoms with E-state index in [1.54, 1.807) is 5.01 Å². The number of hydrogen-bond donors (Lipinski definition) is 0. The molecular formula is C48H53F2N5O7S. The van der Waals surface area contributed by atoms with Crippen molar-refractivity contribution in [3.63, 3.8) is 0 Å². The van der Waals surface area contributed by atoms with Crippen molar-refractivity contribution in [3.05, 3.63) is 108 Å². The predicted molar refractivity (Wildman–Crippen MR) is 237 cm³/mol. The lowest BCUT2D eigenvalue weighted by Crippen LogP contribution is -2.32. The second-order valence-corrected chi connectivity index (χ2v) is 16.8. The van der Waals surface area contributed by atoms with Crippen LogP contribution in [0, 0.1) is 34.8 Å². The van der Waals surface area contributed by atoms with Crippen LogP contribution in [0.15, 0.2) is 90.6 Å². The van der Waals surface area contributed by atoms with Crippen LogP contribution in [0.4, 0.5) is 13.9 Å². The predicted octanol–water partition coefficient (Wildman–Crippen LogP) is 9.62. The van der Waals surface area contributed by atoms with Crippen LogP contribution in [0.5, 0.6) is 11.5 Å². The number of hydrogen-bond acceptors (Lipinski definition) is 12. The summed E-state index contributed by atoms with van der Waals surface area (Å²) >= 11 is 1.23. The van der Waals surface area contributed by atoms with E-state index in [9.17, 15) is 23.2 Å². The Morgan fingerprint density at radius 1 is 0.968 bits per heavy atom. The third-order valence-corrected chi connectivity index (χ3v) is 12.0. The molecule has 6 rings (SSSR count). The van der Waals surface area contributed by atoms with E-state index in [2.05, 4.69) is 43.6 Å². The molecule has 0 bridgehead atoms.